The molecule has 0 radical (unpaired) electrons. The van der Waals surface area contributed by atoms with Gasteiger partial charge in [-0.2, -0.15) is 0 Å². The zero-order chi connectivity index (χ0) is 30.5. The first-order valence-corrected chi connectivity index (χ1v) is 21.4. The summed E-state index contributed by atoms with van der Waals surface area (Å²) in [6.07, 6.45) is 13.5. The van der Waals surface area contributed by atoms with Gasteiger partial charge in [0.2, 0.25) is 0 Å². The van der Waals surface area contributed by atoms with Crippen LogP contribution in [0.4, 0.5) is 0 Å². The predicted molar refractivity (Wildman–Crippen MR) is 174 cm³/mol. The highest BCUT2D eigenvalue weighted by atomic mass is 28.4. The van der Waals surface area contributed by atoms with E-state index in [2.05, 4.69) is 105 Å². The Bertz CT molecular complexity index is 971. The quantitative estimate of drug-likeness (QED) is 0.107. The Morgan fingerprint density at radius 3 is 2.25 bits per heavy atom. The number of hydrogen-bond donors (Lipinski definition) is 1. The van der Waals surface area contributed by atoms with Gasteiger partial charge in [0, 0.05) is 18.8 Å². The number of rotatable bonds is 12. The molecule has 6 heteroatoms. The van der Waals surface area contributed by atoms with Gasteiger partial charge in [-0.15, -0.1) is 11.8 Å². The molecule has 0 aliphatic heterocycles. The fourth-order valence-corrected chi connectivity index (χ4v) is 8.34. The molecule has 0 aromatic rings. The van der Waals surface area contributed by atoms with Crippen LogP contribution in [0.2, 0.25) is 36.3 Å². The molecule has 4 nitrogen and oxygen atoms in total. The topological polar surface area (TPSA) is 55.8 Å². The van der Waals surface area contributed by atoms with Crippen LogP contribution >= 0.6 is 0 Å². The van der Waals surface area contributed by atoms with Gasteiger partial charge in [-0.1, -0.05) is 72.3 Å². The van der Waals surface area contributed by atoms with Crippen molar-refractivity contribution in [1.82, 2.24) is 0 Å². The molecule has 0 amide bonds. The summed E-state index contributed by atoms with van der Waals surface area (Å²) in [4.78, 5) is 10.9. The molecule has 6 atom stereocenters. The molecular weight excluding hydrogens is 529 g/mol. The average Bonchev–Trinajstić information content (AvgIpc) is 3.33. The van der Waals surface area contributed by atoms with Crippen LogP contribution in [-0.4, -0.2) is 39.9 Å². The van der Waals surface area contributed by atoms with E-state index in [0.717, 1.165) is 38.5 Å². The normalized spacial score (nSPS) is 26.6. The molecule has 1 N–H and O–H groups in total. The molecule has 0 saturated heterocycles. The third kappa shape index (κ3) is 9.44. The highest BCUT2D eigenvalue weighted by Gasteiger charge is 2.50. The molecule has 2 aliphatic carbocycles. The fourth-order valence-electron chi connectivity index (χ4n) is 5.63. The maximum absolute atomic E-state index is 10.9. The first-order chi connectivity index (χ1) is 18.3. The lowest BCUT2D eigenvalue weighted by Crippen LogP contribution is -2.45. The summed E-state index contributed by atoms with van der Waals surface area (Å²) in [5.41, 5.74) is 1.52. The van der Waals surface area contributed by atoms with Crippen LogP contribution in [-0.2, 0) is 13.6 Å². The second-order valence-corrected chi connectivity index (χ2v) is 25.1. The van der Waals surface area contributed by atoms with E-state index in [1.54, 1.807) is 0 Å². The molecule has 0 heterocycles. The number of allylic oxidation sites excluding steroid dienone is 2. The van der Waals surface area contributed by atoms with E-state index in [9.17, 15) is 4.79 Å². The molecule has 0 aromatic heterocycles. The highest BCUT2D eigenvalue weighted by molar-refractivity contribution is 6.74. The lowest BCUT2D eigenvalue weighted by atomic mass is 9.89. The number of aliphatic carboxylic acids is 1. The van der Waals surface area contributed by atoms with Crippen LogP contribution in [0.3, 0.4) is 0 Å². The molecular formula is C34H60O4Si2. The Labute approximate surface area is 249 Å². The summed E-state index contributed by atoms with van der Waals surface area (Å²) in [6.45, 7) is 27.6. The summed E-state index contributed by atoms with van der Waals surface area (Å²) in [5.74, 6) is 7.59. The van der Waals surface area contributed by atoms with Crippen molar-refractivity contribution in [3.05, 3.63) is 23.8 Å². The van der Waals surface area contributed by atoms with Crippen LogP contribution in [0.1, 0.15) is 100 Å². The second kappa shape index (κ2) is 13.9. The van der Waals surface area contributed by atoms with Gasteiger partial charge < -0.3 is 14.0 Å². The van der Waals surface area contributed by atoms with Gasteiger partial charge in [0.15, 0.2) is 16.6 Å². The van der Waals surface area contributed by atoms with Crippen LogP contribution in [0.15, 0.2) is 23.8 Å². The Morgan fingerprint density at radius 2 is 1.70 bits per heavy atom. The standard InChI is InChI=1S/C34H60O4Si2/c1-13-14-17-25(2)30(37-39(9,10)33(3,4)5)21-20-28-29-23-26(18-15-16-19-32(35)36)22-27(29)24-31(28)38-40(11,12)34(6,7)8/h18,20-21,25,27-31H,15-17,19,22-24H2,1-12H3,(H,35,36)/b21-20+,26-18+/t25?,27-,28+,29-,30+,31+/m0/s1. The van der Waals surface area contributed by atoms with E-state index >= 15 is 0 Å². The molecule has 0 aromatic carbocycles. The number of carbonyl (C=O) groups is 1. The van der Waals surface area contributed by atoms with Crippen LogP contribution < -0.4 is 0 Å². The lowest BCUT2D eigenvalue weighted by molar-refractivity contribution is -0.137. The Balaban J connectivity index is 2.36. The third-order valence-corrected chi connectivity index (χ3v) is 19.3. The minimum absolute atomic E-state index is 0.0433. The van der Waals surface area contributed by atoms with E-state index in [4.69, 9.17) is 14.0 Å². The molecule has 228 valence electrons. The summed E-state index contributed by atoms with van der Waals surface area (Å²) < 4.78 is 14.2. The van der Waals surface area contributed by atoms with Gasteiger partial charge in [-0.05, 0) is 93.0 Å². The van der Waals surface area contributed by atoms with E-state index in [-0.39, 0.29) is 28.7 Å². The Kier molecular flexibility index (Phi) is 12.2. The van der Waals surface area contributed by atoms with E-state index < -0.39 is 22.6 Å². The molecule has 40 heavy (non-hydrogen) atoms. The molecule has 2 aliphatic rings. The van der Waals surface area contributed by atoms with Crippen LogP contribution in [0, 0.1) is 35.5 Å². The van der Waals surface area contributed by atoms with Crippen molar-refractivity contribution >= 4 is 22.6 Å². The SMILES string of the molecule is CC#CCC(C)[C@@H](/C=C/[C@@H]1[C@H]2C/C(=C/CCCC(=O)O)C[C@H]2C[C@H]1O[Si](C)(C)C(C)(C)C)O[Si](C)(C)C(C)(C)C. The van der Waals surface area contributed by atoms with Gasteiger partial charge in [-0.3, -0.25) is 4.79 Å². The maximum atomic E-state index is 10.9. The smallest absolute Gasteiger partial charge is 0.303 e. The number of unbranched alkanes of at least 4 members (excludes halogenated alkanes) is 1. The van der Waals surface area contributed by atoms with E-state index in [1.807, 2.05) is 6.92 Å². The van der Waals surface area contributed by atoms with Crippen molar-refractivity contribution in [3.63, 3.8) is 0 Å². The Morgan fingerprint density at radius 1 is 1.07 bits per heavy atom. The monoisotopic (exact) mass is 588 g/mol. The van der Waals surface area contributed by atoms with Crippen molar-refractivity contribution in [2.45, 2.75) is 149 Å². The number of carboxylic acids is 1. The average molecular weight is 589 g/mol. The zero-order valence-electron chi connectivity index (χ0n) is 27.8. The van der Waals surface area contributed by atoms with Crippen molar-refractivity contribution in [2.75, 3.05) is 0 Å². The predicted octanol–water partition coefficient (Wildman–Crippen LogP) is 9.60. The van der Waals surface area contributed by atoms with Gasteiger partial charge in [0.05, 0.1) is 12.2 Å². The highest BCUT2D eigenvalue weighted by Crippen LogP contribution is 2.53. The van der Waals surface area contributed by atoms with Crippen molar-refractivity contribution in [2.24, 2.45) is 23.7 Å². The molecule has 1 unspecified atom stereocenters. The number of carboxylic acid groups (broad SMARTS) is 1. The van der Waals surface area contributed by atoms with E-state index in [1.165, 1.54) is 5.57 Å². The largest absolute Gasteiger partial charge is 0.481 e. The van der Waals surface area contributed by atoms with Crippen LogP contribution in [0.25, 0.3) is 0 Å². The summed E-state index contributed by atoms with van der Waals surface area (Å²) in [6, 6.07) is 0. The van der Waals surface area contributed by atoms with Gasteiger partial charge in [0.25, 0.3) is 0 Å². The van der Waals surface area contributed by atoms with Gasteiger partial charge in [0.1, 0.15) is 0 Å². The number of hydrogen-bond acceptors (Lipinski definition) is 3. The van der Waals surface area contributed by atoms with Crippen LogP contribution in [0.5, 0.6) is 0 Å². The molecule has 2 fully saturated rings. The fraction of sp³-hybridized carbons (Fsp3) is 0.794. The molecule has 2 rings (SSSR count). The second-order valence-electron chi connectivity index (χ2n) is 15.5. The van der Waals surface area contributed by atoms with E-state index in [0.29, 0.717) is 23.7 Å². The lowest BCUT2D eigenvalue weighted by Gasteiger charge is -2.41. The first-order valence-electron chi connectivity index (χ1n) is 15.6. The van der Waals surface area contributed by atoms with Crippen molar-refractivity contribution in [1.29, 1.82) is 0 Å². The van der Waals surface area contributed by atoms with Crippen molar-refractivity contribution in [3.8, 4) is 11.8 Å². The third-order valence-electron chi connectivity index (χ3n) is 10.3. The Hall–Kier alpha value is -1.14. The first kappa shape index (κ1) is 35.1. The maximum Gasteiger partial charge on any atom is 0.303 e. The minimum Gasteiger partial charge on any atom is -0.481 e. The summed E-state index contributed by atoms with van der Waals surface area (Å²) >= 11 is 0. The van der Waals surface area contributed by atoms with Crippen molar-refractivity contribution < 1.29 is 18.8 Å². The minimum atomic E-state index is -1.97. The van der Waals surface area contributed by atoms with Gasteiger partial charge in [-0.25, -0.2) is 0 Å². The number of fused-ring (bicyclic) bond motifs is 1. The molecule has 2 saturated carbocycles. The zero-order valence-corrected chi connectivity index (χ0v) is 29.8. The summed E-state index contributed by atoms with van der Waals surface area (Å²) in [7, 11) is -3.88. The van der Waals surface area contributed by atoms with Gasteiger partial charge >= 0.3 is 5.97 Å². The molecule has 0 spiro atoms. The molecule has 0 bridgehead atoms. The summed E-state index contributed by atoms with van der Waals surface area (Å²) in [5, 5.41) is 9.32.